The van der Waals surface area contributed by atoms with Crippen LogP contribution in [0.15, 0.2) is 15.7 Å². The van der Waals surface area contributed by atoms with Crippen molar-refractivity contribution in [1.82, 2.24) is 4.98 Å². The van der Waals surface area contributed by atoms with E-state index in [0.717, 1.165) is 6.07 Å². The van der Waals surface area contributed by atoms with E-state index in [1.54, 1.807) is 0 Å². The molecule has 0 bridgehead atoms. The standard InChI is InChI=1S/C7H4BrF2N3O2S/c8-5-4(6(9)10)1-3(2-11)7(13-5)16(12,14)15/h1,6H,(H2,12,14,15). The molecule has 0 radical (unpaired) electrons. The highest BCUT2D eigenvalue weighted by Gasteiger charge is 2.22. The third-order valence-electron chi connectivity index (χ3n) is 1.59. The smallest absolute Gasteiger partial charge is 0.226 e. The average molecular weight is 312 g/mol. The van der Waals surface area contributed by atoms with Crippen LogP contribution in [0.3, 0.4) is 0 Å². The lowest BCUT2D eigenvalue weighted by atomic mass is 10.2. The highest BCUT2D eigenvalue weighted by atomic mass is 79.9. The first-order valence-corrected chi connectivity index (χ1v) is 6.02. The fraction of sp³-hybridized carbons (Fsp3) is 0.143. The van der Waals surface area contributed by atoms with Crippen molar-refractivity contribution in [3.05, 3.63) is 21.8 Å². The van der Waals surface area contributed by atoms with E-state index in [0.29, 0.717) is 0 Å². The SMILES string of the molecule is N#Cc1cc(C(F)F)c(Br)nc1S(N)(=O)=O. The molecule has 1 rings (SSSR count). The van der Waals surface area contributed by atoms with Gasteiger partial charge in [0.1, 0.15) is 10.7 Å². The lowest BCUT2D eigenvalue weighted by Gasteiger charge is -2.06. The Balaban J connectivity index is 3.59. The molecule has 0 spiro atoms. The Morgan fingerprint density at radius 2 is 2.12 bits per heavy atom. The fourth-order valence-corrected chi connectivity index (χ4v) is 2.15. The molecule has 0 aliphatic heterocycles. The molecule has 2 N–H and O–H groups in total. The number of hydrogen-bond acceptors (Lipinski definition) is 4. The highest BCUT2D eigenvalue weighted by molar-refractivity contribution is 9.10. The number of pyridine rings is 1. The van der Waals surface area contributed by atoms with Gasteiger partial charge in [0, 0.05) is 0 Å². The van der Waals surface area contributed by atoms with Crippen molar-refractivity contribution < 1.29 is 17.2 Å². The number of primary sulfonamides is 1. The predicted octanol–water partition coefficient (Wildman–Crippen LogP) is 1.30. The summed E-state index contributed by atoms with van der Waals surface area (Å²) in [5.74, 6) is 0. The van der Waals surface area contributed by atoms with Crippen LogP contribution >= 0.6 is 15.9 Å². The van der Waals surface area contributed by atoms with Gasteiger partial charge in [0.15, 0.2) is 5.03 Å². The zero-order valence-corrected chi connectivity index (χ0v) is 9.89. The lowest BCUT2D eigenvalue weighted by molar-refractivity contribution is 0.150. The summed E-state index contributed by atoms with van der Waals surface area (Å²) < 4.78 is 46.5. The quantitative estimate of drug-likeness (QED) is 0.832. The number of alkyl halides is 2. The van der Waals surface area contributed by atoms with Gasteiger partial charge < -0.3 is 0 Å². The summed E-state index contributed by atoms with van der Waals surface area (Å²) in [5.41, 5.74) is -1.08. The average Bonchev–Trinajstić information content (AvgIpc) is 2.15. The minimum absolute atomic E-state index is 0.356. The van der Waals surface area contributed by atoms with Crippen LogP contribution in [0, 0.1) is 11.3 Å². The zero-order valence-electron chi connectivity index (χ0n) is 7.49. The van der Waals surface area contributed by atoms with E-state index < -0.39 is 32.6 Å². The number of sulfonamides is 1. The molecular weight excluding hydrogens is 308 g/mol. The third kappa shape index (κ3) is 2.52. The molecule has 5 nitrogen and oxygen atoms in total. The monoisotopic (exact) mass is 311 g/mol. The molecule has 0 unspecified atom stereocenters. The van der Waals surface area contributed by atoms with Crippen molar-refractivity contribution in [1.29, 1.82) is 5.26 Å². The number of nitrogens with zero attached hydrogens (tertiary/aromatic N) is 2. The zero-order chi connectivity index (χ0) is 12.5. The van der Waals surface area contributed by atoms with E-state index in [9.17, 15) is 17.2 Å². The fourth-order valence-electron chi connectivity index (χ4n) is 0.941. The first-order valence-electron chi connectivity index (χ1n) is 3.69. The first-order chi connectivity index (χ1) is 7.27. The van der Waals surface area contributed by atoms with Gasteiger partial charge in [-0.2, -0.15) is 5.26 Å². The first kappa shape index (κ1) is 13.0. The van der Waals surface area contributed by atoms with E-state index in [1.807, 2.05) is 0 Å². The minimum atomic E-state index is -4.22. The van der Waals surface area contributed by atoms with Crippen molar-refractivity contribution in [2.75, 3.05) is 0 Å². The maximum Gasteiger partial charge on any atom is 0.266 e. The maximum absolute atomic E-state index is 12.4. The second kappa shape index (κ2) is 4.40. The van der Waals surface area contributed by atoms with Gasteiger partial charge in [0.2, 0.25) is 0 Å². The van der Waals surface area contributed by atoms with Crippen LogP contribution in [-0.4, -0.2) is 13.4 Å². The van der Waals surface area contributed by atoms with Gasteiger partial charge in [-0.15, -0.1) is 0 Å². The van der Waals surface area contributed by atoms with Crippen molar-refractivity contribution in [2.24, 2.45) is 5.14 Å². The van der Waals surface area contributed by atoms with Gasteiger partial charge in [-0.1, -0.05) is 0 Å². The van der Waals surface area contributed by atoms with Crippen LogP contribution in [0.5, 0.6) is 0 Å². The molecule has 0 aliphatic rings. The summed E-state index contributed by atoms with van der Waals surface area (Å²) in [6.45, 7) is 0. The Bertz CT molecular complexity index is 568. The topological polar surface area (TPSA) is 96.8 Å². The second-order valence-corrected chi connectivity index (χ2v) is 4.91. The van der Waals surface area contributed by atoms with Gasteiger partial charge in [0.25, 0.3) is 16.4 Å². The molecule has 0 aromatic carbocycles. The number of rotatable bonds is 2. The molecule has 86 valence electrons. The number of nitrogens with two attached hydrogens (primary N) is 1. The molecule has 1 aromatic rings. The van der Waals surface area contributed by atoms with E-state index in [4.69, 9.17) is 10.4 Å². The number of halogens is 3. The molecule has 0 saturated heterocycles. The number of aromatic nitrogens is 1. The minimum Gasteiger partial charge on any atom is -0.226 e. The summed E-state index contributed by atoms with van der Waals surface area (Å²) in [5, 5.41) is 12.7. The van der Waals surface area contributed by atoms with Crippen LogP contribution in [0.4, 0.5) is 8.78 Å². The van der Waals surface area contributed by atoms with Gasteiger partial charge in [-0.05, 0) is 22.0 Å². The van der Waals surface area contributed by atoms with Gasteiger partial charge in [-0.3, -0.25) is 0 Å². The Labute approximate surface area is 98.1 Å². The normalized spacial score (nSPS) is 11.5. The van der Waals surface area contributed by atoms with Crippen molar-refractivity contribution in [3.63, 3.8) is 0 Å². The van der Waals surface area contributed by atoms with E-state index in [-0.39, 0.29) is 4.60 Å². The largest absolute Gasteiger partial charge is 0.266 e. The lowest BCUT2D eigenvalue weighted by Crippen LogP contribution is -2.16. The highest BCUT2D eigenvalue weighted by Crippen LogP contribution is 2.28. The molecule has 0 fully saturated rings. The molecule has 0 saturated carbocycles. The molecule has 1 heterocycles. The van der Waals surface area contributed by atoms with Crippen LogP contribution in [0.1, 0.15) is 17.6 Å². The van der Waals surface area contributed by atoms with Crippen LogP contribution in [0.25, 0.3) is 0 Å². The van der Waals surface area contributed by atoms with E-state index >= 15 is 0 Å². The number of nitriles is 1. The molecule has 0 aliphatic carbocycles. The van der Waals surface area contributed by atoms with E-state index in [1.165, 1.54) is 6.07 Å². The van der Waals surface area contributed by atoms with E-state index in [2.05, 4.69) is 20.9 Å². The van der Waals surface area contributed by atoms with Crippen LogP contribution in [0.2, 0.25) is 0 Å². The van der Waals surface area contributed by atoms with Crippen molar-refractivity contribution in [2.45, 2.75) is 11.5 Å². The Kier molecular flexibility index (Phi) is 3.57. The Morgan fingerprint density at radius 3 is 2.50 bits per heavy atom. The summed E-state index contributed by atoms with van der Waals surface area (Å²) in [6, 6.07) is 2.19. The van der Waals surface area contributed by atoms with Gasteiger partial charge in [-0.25, -0.2) is 27.3 Å². The van der Waals surface area contributed by atoms with Crippen LogP contribution in [-0.2, 0) is 10.0 Å². The summed E-state index contributed by atoms with van der Waals surface area (Å²) in [7, 11) is -4.22. The molecule has 16 heavy (non-hydrogen) atoms. The Morgan fingerprint density at radius 1 is 1.56 bits per heavy atom. The summed E-state index contributed by atoms with van der Waals surface area (Å²) >= 11 is 2.68. The molecule has 0 atom stereocenters. The Hall–Kier alpha value is -1.11. The van der Waals surface area contributed by atoms with Crippen molar-refractivity contribution in [3.8, 4) is 6.07 Å². The summed E-state index contributed by atoms with van der Waals surface area (Å²) in [6.07, 6.45) is -2.87. The third-order valence-corrected chi connectivity index (χ3v) is 3.08. The molecule has 9 heteroatoms. The predicted molar refractivity (Wildman–Crippen MR) is 53.0 cm³/mol. The second-order valence-electron chi connectivity index (χ2n) is 2.68. The van der Waals surface area contributed by atoms with Gasteiger partial charge >= 0.3 is 0 Å². The van der Waals surface area contributed by atoms with Gasteiger partial charge in [0.05, 0.1) is 11.1 Å². The number of hydrogen-bond donors (Lipinski definition) is 1. The molecule has 1 aromatic heterocycles. The molecule has 0 amide bonds. The molecular formula is C7H4BrF2N3O2S. The maximum atomic E-state index is 12.4. The van der Waals surface area contributed by atoms with Crippen LogP contribution < -0.4 is 5.14 Å². The van der Waals surface area contributed by atoms with Crippen molar-refractivity contribution >= 4 is 26.0 Å². The summed E-state index contributed by atoms with van der Waals surface area (Å²) in [4.78, 5) is 3.34.